The zero-order chi connectivity index (χ0) is 12.0. The number of unbranched alkanes of at least 4 members (excludes halogenated alkanes) is 1. The monoisotopic (exact) mass is 304 g/mol. The van der Waals surface area contributed by atoms with Gasteiger partial charge in [0.1, 0.15) is 0 Å². The Morgan fingerprint density at radius 3 is 2.31 bits per heavy atom. The van der Waals surface area contributed by atoms with Gasteiger partial charge in [0.05, 0.1) is 0 Å². The summed E-state index contributed by atoms with van der Waals surface area (Å²) in [5.74, 6) is 0. The molecule has 0 aromatic rings. The summed E-state index contributed by atoms with van der Waals surface area (Å²) in [7, 11) is 5.10. The molecule has 0 saturated heterocycles. The molecular formula is C12H22O3Zr. The topological polar surface area (TPSA) is 27.7 Å². The molecule has 0 amide bonds. The van der Waals surface area contributed by atoms with Gasteiger partial charge in [-0.2, -0.15) is 0 Å². The summed E-state index contributed by atoms with van der Waals surface area (Å²) in [4.78, 5) is 0. The number of rotatable bonds is 7. The maximum absolute atomic E-state index is 5.60. The van der Waals surface area contributed by atoms with Crippen LogP contribution < -0.4 is 0 Å². The first-order valence-corrected chi connectivity index (χ1v) is 10.0. The quantitative estimate of drug-likeness (QED) is 0.723. The predicted octanol–water partition coefficient (Wildman–Crippen LogP) is 3.23. The molecule has 3 nitrogen and oxygen atoms in total. The second-order valence-corrected chi connectivity index (χ2v) is 11.1. The molecule has 0 aliphatic heterocycles. The zero-order valence-corrected chi connectivity index (χ0v) is 13.2. The van der Waals surface area contributed by atoms with Crippen LogP contribution in [0.3, 0.4) is 0 Å². The first kappa shape index (κ1) is 14.3. The Morgan fingerprint density at radius 1 is 1.19 bits per heavy atom. The fourth-order valence-corrected chi connectivity index (χ4v) is 7.52. The van der Waals surface area contributed by atoms with Gasteiger partial charge in [0.2, 0.25) is 0 Å². The van der Waals surface area contributed by atoms with Gasteiger partial charge in [-0.05, 0) is 0 Å². The van der Waals surface area contributed by atoms with Gasteiger partial charge in [-0.1, -0.05) is 0 Å². The van der Waals surface area contributed by atoms with Crippen LogP contribution in [0.5, 0.6) is 0 Å². The van der Waals surface area contributed by atoms with E-state index >= 15 is 0 Å². The van der Waals surface area contributed by atoms with Crippen molar-refractivity contribution in [2.24, 2.45) is 0 Å². The van der Waals surface area contributed by atoms with Crippen molar-refractivity contribution in [3.8, 4) is 0 Å². The Bertz CT molecular complexity index is 272. The third kappa shape index (κ3) is 2.92. The van der Waals surface area contributed by atoms with Crippen LogP contribution in [-0.4, -0.2) is 21.3 Å². The molecule has 0 spiro atoms. The number of hydrogen-bond donors (Lipinski definition) is 0. The van der Waals surface area contributed by atoms with Gasteiger partial charge in [0, 0.05) is 0 Å². The van der Waals surface area contributed by atoms with Gasteiger partial charge >= 0.3 is 105 Å². The minimum absolute atomic E-state index is 0.935. The van der Waals surface area contributed by atoms with Crippen molar-refractivity contribution in [1.82, 2.24) is 0 Å². The summed E-state index contributed by atoms with van der Waals surface area (Å²) < 4.78 is 18.1. The van der Waals surface area contributed by atoms with E-state index in [1.807, 2.05) is 0 Å². The first-order chi connectivity index (χ1) is 7.74. The van der Waals surface area contributed by atoms with Crippen LogP contribution in [0.4, 0.5) is 0 Å². The molecule has 0 aromatic carbocycles. The Balaban J connectivity index is 2.90. The summed E-state index contributed by atoms with van der Waals surface area (Å²) in [5, 5.41) is 0. The van der Waals surface area contributed by atoms with Gasteiger partial charge in [-0.3, -0.25) is 0 Å². The van der Waals surface area contributed by atoms with Gasteiger partial charge in [0.25, 0.3) is 0 Å². The molecule has 4 heteroatoms. The summed E-state index contributed by atoms with van der Waals surface area (Å²) in [5.41, 5.74) is 1.38. The van der Waals surface area contributed by atoms with Crippen LogP contribution in [0.1, 0.15) is 32.6 Å². The second-order valence-electron chi connectivity index (χ2n) is 3.88. The summed E-state index contributed by atoms with van der Waals surface area (Å²) in [6.07, 6.45) is 8.85. The van der Waals surface area contributed by atoms with Crippen LogP contribution in [-0.2, 0) is 30.0 Å². The molecule has 0 atom stereocenters. The predicted molar refractivity (Wildman–Crippen MR) is 61.3 cm³/mol. The molecule has 0 heterocycles. The molecule has 16 heavy (non-hydrogen) atoms. The number of hydrogen-bond acceptors (Lipinski definition) is 3. The van der Waals surface area contributed by atoms with Crippen molar-refractivity contribution in [3.05, 3.63) is 21.0 Å². The standard InChI is InChI=1S/C9H13.3CH3O.Zr/c1-2-3-6-9-7-4-5-8-9;3*1-2;/h4,7H,2-3,5-6H2,1H3;3*1H3;/q;3*-1;+3. The van der Waals surface area contributed by atoms with E-state index < -0.39 is 21.6 Å². The molecular weight excluding hydrogens is 283 g/mol. The average molecular weight is 306 g/mol. The third-order valence-corrected chi connectivity index (χ3v) is 10.1. The molecule has 0 aromatic heterocycles. The van der Waals surface area contributed by atoms with Gasteiger partial charge in [0.15, 0.2) is 0 Å². The third-order valence-electron chi connectivity index (χ3n) is 3.00. The van der Waals surface area contributed by atoms with E-state index in [1.54, 1.807) is 21.3 Å². The van der Waals surface area contributed by atoms with E-state index in [2.05, 4.69) is 19.1 Å². The molecule has 0 fully saturated rings. The fraction of sp³-hybridized carbons (Fsp3) is 0.667. The fourth-order valence-electron chi connectivity index (χ4n) is 2.09. The van der Waals surface area contributed by atoms with E-state index in [0.717, 1.165) is 12.8 Å². The van der Waals surface area contributed by atoms with Crippen molar-refractivity contribution >= 4 is 0 Å². The van der Waals surface area contributed by atoms with Crippen molar-refractivity contribution in [2.75, 3.05) is 21.3 Å². The van der Waals surface area contributed by atoms with E-state index in [0.29, 0.717) is 0 Å². The summed E-state index contributed by atoms with van der Waals surface area (Å²) in [6.45, 7) is 2.21. The van der Waals surface area contributed by atoms with Crippen molar-refractivity contribution in [3.63, 3.8) is 0 Å². The van der Waals surface area contributed by atoms with Crippen molar-refractivity contribution < 1.29 is 30.0 Å². The van der Waals surface area contributed by atoms with Crippen molar-refractivity contribution in [2.45, 2.75) is 32.6 Å². The molecule has 0 radical (unpaired) electrons. The Kier molecular flexibility index (Phi) is 6.13. The minimum atomic E-state index is -3.39. The molecule has 1 rings (SSSR count). The Labute approximate surface area is 105 Å². The van der Waals surface area contributed by atoms with Crippen LogP contribution in [0, 0.1) is 0 Å². The maximum atomic E-state index is 5.60. The summed E-state index contributed by atoms with van der Waals surface area (Å²) >= 11 is -3.39. The van der Waals surface area contributed by atoms with Crippen molar-refractivity contribution in [1.29, 1.82) is 0 Å². The second kappa shape index (κ2) is 6.85. The van der Waals surface area contributed by atoms with E-state index in [9.17, 15) is 0 Å². The molecule has 1 aliphatic rings. The van der Waals surface area contributed by atoms with Crippen LogP contribution >= 0.6 is 0 Å². The van der Waals surface area contributed by atoms with Crippen LogP contribution in [0.15, 0.2) is 21.0 Å². The van der Waals surface area contributed by atoms with E-state index in [4.69, 9.17) is 8.44 Å². The van der Waals surface area contributed by atoms with Crippen LogP contribution in [0.2, 0.25) is 0 Å². The molecule has 0 bridgehead atoms. The zero-order valence-electron chi connectivity index (χ0n) is 10.7. The van der Waals surface area contributed by atoms with E-state index in [1.165, 1.54) is 21.7 Å². The molecule has 0 N–H and O–H groups in total. The SMILES string of the molecule is CCCCC1=[C]([Zr]([O]C)([O]C)[O]C)CC=C1. The Morgan fingerprint density at radius 2 is 1.81 bits per heavy atom. The van der Waals surface area contributed by atoms with E-state index in [-0.39, 0.29) is 0 Å². The normalized spacial score (nSPS) is 16.2. The van der Waals surface area contributed by atoms with Gasteiger partial charge in [-0.15, -0.1) is 0 Å². The molecule has 0 saturated carbocycles. The van der Waals surface area contributed by atoms with Gasteiger partial charge < -0.3 is 0 Å². The average Bonchev–Trinajstić information content (AvgIpc) is 2.79. The molecule has 1 aliphatic carbocycles. The Hall–Kier alpha value is 0.243. The van der Waals surface area contributed by atoms with Crippen LogP contribution in [0.25, 0.3) is 0 Å². The van der Waals surface area contributed by atoms with Gasteiger partial charge in [-0.25, -0.2) is 0 Å². The molecule has 92 valence electrons. The number of allylic oxidation sites excluding steroid dienone is 4. The molecule has 0 unspecified atom stereocenters. The first-order valence-electron chi connectivity index (χ1n) is 5.78. The summed E-state index contributed by atoms with van der Waals surface area (Å²) in [6, 6.07) is 0.